The molecule has 2 fully saturated rings. The summed E-state index contributed by atoms with van der Waals surface area (Å²) in [4.78, 5) is 12.8. The number of piperidine rings is 1. The molecule has 1 amide bonds. The predicted octanol–water partition coefficient (Wildman–Crippen LogP) is 1.84. The lowest BCUT2D eigenvalue weighted by atomic mass is 9.84. The van der Waals surface area contributed by atoms with Gasteiger partial charge in [0, 0.05) is 43.8 Å². The van der Waals surface area contributed by atoms with E-state index >= 15 is 0 Å². The van der Waals surface area contributed by atoms with Crippen LogP contribution in [0.5, 0.6) is 0 Å². The van der Waals surface area contributed by atoms with Crippen LogP contribution in [0.25, 0.3) is 10.9 Å². The minimum Gasteiger partial charge on any atom is -0.390 e. The molecule has 3 N–H and O–H groups in total. The number of aromatic nitrogens is 2. The second-order valence-corrected chi connectivity index (χ2v) is 8.08. The molecule has 7 nitrogen and oxygen atoms in total. The van der Waals surface area contributed by atoms with E-state index in [-0.39, 0.29) is 18.0 Å². The Morgan fingerprint density at radius 1 is 1.36 bits per heavy atom. The lowest BCUT2D eigenvalue weighted by Gasteiger charge is -2.38. The van der Waals surface area contributed by atoms with Crippen LogP contribution in [0.2, 0.25) is 0 Å². The van der Waals surface area contributed by atoms with E-state index in [9.17, 15) is 9.90 Å². The van der Waals surface area contributed by atoms with Gasteiger partial charge in [-0.3, -0.25) is 9.48 Å². The van der Waals surface area contributed by atoms with E-state index in [4.69, 9.17) is 4.74 Å². The molecule has 2 aliphatic rings. The Morgan fingerprint density at radius 3 is 2.86 bits per heavy atom. The third kappa shape index (κ3) is 4.06. The number of ether oxygens (including phenoxy) is 1. The number of hydrogen-bond donors (Lipinski definition) is 3. The van der Waals surface area contributed by atoms with E-state index in [2.05, 4.69) is 15.7 Å². The fourth-order valence-corrected chi connectivity index (χ4v) is 4.42. The number of nitrogens with zero attached hydrogens (tertiary/aromatic N) is 2. The topological polar surface area (TPSA) is 88.4 Å². The third-order valence-electron chi connectivity index (χ3n) is 6.07. The van der Waals surface area contributed by atoms with E-state index < -0.39 is 5.60 Å². The van der Waals surface area contributed by atoms with Gasteiger partial charge < -0.3 is 20.5 Å². The van der Waals surface area contributed by atoms with Crippen LogP contribution < -0.4 is 10.6 Å². The first kappa shape index (κ1) is 19.4. The van der Waals surface area contributed by atoms with E-state index in [1.54, 1.807) is 0 Å². The van der Waals surface area contributed by atoms with Gasteiger partial charge in [0.25, 0.3) is 5.91 Å². The molecule has 1 aromatic carbocycles. The molecule has 2 aromatic rings. The van der Waals surface area contributed by atoms with Crippen molar-refractivity contribution in [2.24, 2.45) is 0 Å². The van der Waals surface area contributed by atoms with Crippen molar-refractivity contribution in [3.05, 3.63) is 30.0 Å². The van der Waals surface area contributed by atoms with Gasteiger partial charge in [-0.1, -0.05) is 18.2 Å². The lowest BCUT2D eigenvalue weighted by molar-refractivity contribution is -0.0742. The van der Waals surface area contributed by atoms with E-state index in [1.807, 2.05) is 35.9 Å². The van der Waals surface area contributed by atoms with E-state index in [1.165, 1.54) is 0 Å². The van der Waals surface area contributed by atoms with Crippen LogP contribution in [0.3, 0.4) is 0 Å². The molecule has 0 saturated carbocycles. The molecule has 2 saturated heterocycles. The first-order chi connectivity index (χ1) is 13.6. The fourth-order valence-electron chi connectivity index (χ4n) is 4.42. The summed E-state index contributed by atoms with van der Waals surface area (Å²) in [6.07, 6.45) is 4.01. The molecule has 4 rings (SSSR count). The van der Waals surface area contributed by atoms with Gasteiger partial charge in [-0.05, 0) is 45.1 Å². The highest BCUT2D eigenvalue weighted by Crippen LogP contribution is 2.28. The highest BCUT2D eigenvalue weighted by atomic mass is 16.5. The van der Waals surface area contributed by atoms with Gasteiger partial charge in [-0.2, -0.15) is 5.10 Å². The van der Waals surface area contributed by atoms with Crippen molar-refractivity contribution in [2.75, 3.05) is 19.8 Å². The molecule has 0 aliphatic carbocycles. The minimum atomic E-state index is -0.613. The third-order valence-corrected chi connectivity index (χ3v) is 6.07. The molecular formula is C21H30N4O3. The second-order valence-electron chi connectivity index (χ2n) is 8.08. The fraction of sp³-hybridized carbons (Fsp3) is 0.619. The summed E-state index contributed by atoms with van der Waals surface area (Å²) < 4.78 is 7.23. The van der Waals surface area contributed by atoms with Crippen LogP contribution >= 0.6 is 0 Å². The number of aryl methyl sites for hydroxylation is 1. The summed E-state index contributed by atoms with van der Waals surface area (Å²) in [6.45, 7) is 4.75. The standard InChI is InChI=1S/C21H30N4O3/c1-2-25-18-6-4-3-5-17(18)19(24-25)20(26)23-16-8-7-15(22-14-16)13-21(27)9-11-28-12-10-21/h3-6,15-16,22,27H,2,7-14H2,1H3,(H,23,26)/t15-,16-/m1/s1. The van der Waals surface area contributed by atoms with Crippen molar-refractivity contribution in [1.82, 2.24) is 20.4 Å². The summed E-state index contributed by atoms with van der Waals surface area (Å²) in [5, 5.41) is 22.8. The largest absolute Gasteiger partial charge is 0.390 e. The number of hydrogen-bond acceptors (Lipinski definition) is 5. The zero-order chi connectivity index (χ0) is 19.6. The Bertz CT molecular complexity index is 820. The van der Waals surface area contributed by atoms with Gasteiger partial charge >= 0.3 is 0 Å². The number of nitrogens with one attached hydrogen (secondary N) is 2. The molecule has 3 heterocycles. The van der Waals surface area contributed by atoms with E-state index in [0.717, 1.165) is 43.3 Å². The first-order valence-corrected chi connectivity index (χ1v) is 10.4. The Morgan fingerprint density at radius 2 is 2.14 bits per heavy atom. The number of fused-ring (bicyclic) bond motifs is 1. The van der Waals surface area contributed by atoms with Crippen molar-refractivity contribution in [1.29, 1.82) is 0 Å². The second kappa shape index (κ2) is 8.19. The zero-order valence-corrected chi connectivity index (χ0v) is 16.5. The van der Waals surface area contributed by atoms with Crippen LogP contribution in [0.4, 0.5) is 0 Å². The van der Waals surface area contributed by atoms with Crippen molar-refractivity contribution >= 4 is 16.8 Å². The van der Waals surface area contributed by atoms with Gasteiger partial charge in [0.05, 0.1) is 11.1 Å². The minimum absolute atomic E-state index is 0.0821. The van der Waals surface area contributed by atoms with Crippen molar-refractivity contribution in [3.63, 3.8) is 0 Å². The Kier molecular flexibility index (Phi) is 5.66. The van der Waals surface area contributed by atoms with Gasteiger partial charge in [-0.25, -0.2) is 0 Å². The molecule has 0 radical (unpaired) electrons. The highest BCUT2D eigenvalue weighted by Gasteiger charge is 2.34. The number of para-hydroxylation sites is 1. The number of aliphatic hydroxyl groups is 1. The zero-order valence-electron chi connectivity index (χ0n) is 16.5. The van der Waals surface area contributed by atoms with Gasteiger partial charge in [0.2, 0.25) is 0 Å². The maximum atomic E-state index is 12.8. The van der Waals surface area contributed by atoms with Gasteiger partial charge in [0.1, 0.15) is 0 Å². The van der Waals surface area contributed by atoms with Gasteiger partial charge in [0.15, 0.2) is 5.69 Å². The van der Waals surface area contributed by atoms with Gasteiger partial charge in [-0.15, -0.1) is 0 Å². The van der Waals surface area contributed by atoms with Crippen LogP contribution in [-0.2, 0) is 11.3 Å². The van der Waals surface area contributed by atoms with Crippen LogP contribution in [0, 0.1) is 0 Å². The SMILES string of the molecule is CCn1nc(C(=O)N[C@@H]2CC[C@H](CC3(O)CCOCC3)NC2)c2ccccc21. The Hall–Kier alpha value is -1.96. The van der Waals surface area contributed by atoms with Crippen LogP contribution in [0.1, 0.15) is 49.5 Å². The average molecular weight is 386 g/mol. The molecule has 0 spiro atoms. The molecule has 28 heavy (non-hydrogen) atoms. The van der Waals surface area contributed by atoms with Crippen molar-refractivity contribution in [3.8, 4) is 0 Å². The molecular weight excluding hydrogens is 356 g/mol. The maximum absolute atomic E-state index is 12.8. The summed E-state index contributed by atoms with van der Waals surface area (Å²) in [5.41, 5.74) is 0.871. The Labute approximate surface area is 165 Å². The molecule has 1 aromatic heterocycles. The highest BCUT2D eigenvalue weighted by molar-refractivity contribution is 6.04. The molecule has 152 valence electrons. The number of carbonyl (C=O) groups is 1. The predicted molar refractivity (Wildman–Crippen MR) is 107 cm³/mol. The number of benzene rings is 1. The molecule has 2 atom stereocenters. The van der Waals surface area contributed by atoms with Crippen molar-refractivity contribution in [2.45, 2.75) is 63.3 Å². The average Bonchev–Trinajstić information content (AvgIpc) is 3.09. The number of amides is 1. The molecule has 0 unspecified atom stereocenters. The Balaban J connectivity index is 1.34. The van der Waals surface area contributed by atoms with Crippen LogP contribution in [-0.4, -0.2) is 58.2 Å². The van der Waals surface area contributed by atoms with Crippen molar-refractivity contribution < 1.29 is 14.6 Å². The van der Waals surface area contributed by atoms with Crippen LogP contribution in [0.15, 0.2) is 24.3 Å². The first-order valence-electron chi connectivity index (χ1n) is 10.4. The quantitative estimate of drug-likeness (QED) is 0.730. The normalized spacial score (nSPS) is 24.9. The maximum Gasteiger partial charge on any atom is 0.272 e. The molecule has 2 aliphatic heterocycles. The number of carbonyl (C=O) groups excluding carboxylic acids is 1. The molecule has 0 bridgehead atoms. The summed E-state index contributed by atoms with van der Waals surface area (Å²) in [5.74, 6) is -0.114. The van der Waals surface area contributed by atoms with E-state index in [0.29, 0.717) is 31.7 Å². The monoisotopic (exact) mass is 386 g/mol. The lowest BCUT2D eigenvalue weighted by Crippen LogP contribution is -2.52. The summed E-state index contributed by atoms with van der Waals surface area (Å²) in [6, 6.07) is 8.23. The smallest absolute Gasteiger partial charge is 0.272 e. The molecule has 7 heteroatoms. The number of rotatable bonds is 5. The summed E-state index contributed by atoms with van der Waals surface area (Å²) in [7, 11) is 0. The summed E-state index contributed by atoms with van der Waals surface area (Å²) >= 11 is 0.